The van der Waals surface area contributed by atoms with Crippen molar-refractivity contribution in [3.63, 3.8) is 0 Å². The summed E-state index contributed by atoms with van der Waals surface area (Å²) in [6.07, 6.45) is 1.83. The van der Waals surface area contributed by atoms with Crippen LogP contribution in [0.2, 0.25) is 5.02 Å². The lowest BCUT2D eigenvalue weighted by atomic mass is 10.1. The highest BCUT2D eigenvalue weighted by molar-refractivity contribution is 6.34. The number of esters is 1. The summed E-state index contributed by atoms with van der Waals surface area (Å²) >= 11 is 6.14. The fraction of sp³-hybridized carbons (Fsp3) is 0.308. The fourth-order valence-corrected chi connectivity index (χ4v) is 2.07. The summed E-state index contributed by atoms with van der Waals surface area (Å²) in [7, 11) is 0. The van der Waals surface area contributed by atoms with E-state index in [2.05, 4.69) is 15.5 Å². The van der Waals surface area contributed by atoms with E-state index in [4.69, 9.17) is 26.6 Å². The van der Waals surface area contributed by atoms with E-state index in [-0.39, 0.29) is 6.61 Å². The fourth-order valence-electron chi connectivity index (χ4n) is 1.78. The summed E-state index contributed by atoms with van der Waals surface area (Å²) in [5.41, 5.74) is 6.88. The number of nitrogens with zero attached hydrogens (tertiary/aromatic N) is 2. The van der Waals surface area contributed by atoms with Crippen molar-refractivity contribution in [2.24, 2.45) is 0 Å². The van der Waals surface area contributed by atoms with Crippen LogP contribution in [0.1, 0.15) is 23.2 Å². The van der Waals surface area contributed by atoms with Crippen LogP contribution < -0.4 is 11.1 Å². The largest absolute Gasteiger partial charge is 0.462 e. The van der Waals surface area contributed by atoms with Crippen LogP contribution in [0.15, 0.2) is 23.0 Å². The molecule has 0 aliphatic rings. The first-order chi connectivity index (χ1) is 10.1. The summed E-state index contributed by atoms with van der Waals surface area (Å²) in [6.45, 7) is 2.47. The van der Waals surface area contributed by atoms with Crippen molar-refractivity contribution >= 4 is 28.9 Å². The summed E-state index contributed by atoms with van der Waals surface area (Å²) in [5, 5.41) is 6.94. The predicted octanol–water partition coefficient (Wildman–Crippen LogP) is 2.14. The third-order valence-corrected chi connectivity index (χ3v) is 2.95. The van der Waals surface area contributed by atoms with Crippen LogP contribution >= 0.6 is 11.6 Å². The van der Waals surface area contributed by atoms with Gasteiger partial charge in [0.25, 0.3) is 0 Å². The SMILES string of the molecule is CCOC(=O)c1cc(N)cc(Cl)c1NCCc1ncno1. The molecule has 2 aromatic rings. The number of carbonyl (C=O) groups excluding carboxylic acids is 1. The highest BCUT2D eigenvalue weighted by Gasteiger charge is 2.16. The summed E-state index contributed by atoms with van der Waals surface area (Å²) < 4.78 is 9.89. The molecule has 0 aliphatic heterocycles. The number of nitrogens with one attached hydrogen (secondary N) is 1. The molecule has 1 heterocycles. The minimum absolute atomic E-state index is 0.271. The van der Waals surface area contributed by atoms with Gasteiger partial charge in [-0.2, -0.15) is 4.98 Å². The van der Waals surface area contributed by atoms with E-state index in [1.807, 2.05) is 0 Å². The number of hydrogen-bond donors (Lipinski definition) is 2. The van der Waals surface area contributed by atoms with E-state index in [1.54, 1.807) is 13.0 Å². The van der Waals surface area contributed by atoms with Crippen molar-refractivity contribution in [1.82, 2.24) is 10.1 Å². The Bertz CT molecular complexity index is 616. The lowest BCUT2D eigenvalue weighted by Gasteiger charge is -2.13. The van der Waals surface area contributed by atoms with Crippen molar-refractivity contribution in [1.29, 1.82) is 0 Å². The van der Waals surface area contributed by atoms with Crippen LogP contribution in [0, 0.1) is 0 Å². The highest BCUT2D eigenvalue weighted by atomic mass is 35.5. The molecule has 0 fully saturated rings. The molecule has 7 nitrogen and oxygen atoms in total. The number of aromatic nitrogens is 2. The van der Waals surface area contributed by atoms with Gasteiger partial charge in [-0.3, -0.25) is 0 Å². The number of benzene rings is 1. The number of anilines is 2. The molecular weight excluding hydrogens is 296 g/mol. The zero-order valence-electron chi connectivity index (χ0n) is 11.4. The van der Waals surface area contributed by atoms with Gasteiger partial charge in [0.1, 0.15) is 0 Å². The molecule has 8 heteroatoms. The Kier molecular flexibility index (Phi) is 4.99. The number of carbonyl (C=O) groups is 1. The molecule has 0 aliphatic carbocycles. The van der Waals surface area contributed by atoms with E-state index in [0.717, 1.165) is 0 Å². The van der Waals surface area contributed by atoms with Gasteiger partial charge in [-0.1, -0.05) is 16.8 Å². The van der Waals surface area contributed by atoms with Crippen LogP contribution in [0.3, 0.4) is 0 Å². The first-order valence-electron chi connectivity index (χ1n) is 6.37. The number of nitrogens with two attached hydrogens (primary N) is 1. The maximum absolute atomic E-state index is 11.9. The van der Waals surface area contributed by atoms with Crippen molar-refractivity contribution in [3.05, 3.63) is 34.9 Å². The van der Waals surface area contributed by atoms with E-state index in [9.17, 15) is 4.79 Å². The number of ether oxygens (including phenoxy) is 1. The Morgan fingerprint density at radius 3 is 3.00 bits per heavy atom. The minimum atomic E-state index is -0.480. The second kappa shape index (κ2) is 6.94. The number of halogens is 1. The van der Waals surface area contributed by atoms with Gasteiger partial charge in [0.05, 0.1) is 22.9 Å². The Morgan fingerprint density at radius 1 is 1.52 bits per heavy atom. The molecule has 0 amide bonds. The molecule has 0 spiro atoms. The maximum atomic E-state index is 11.9. The quantitative estimate of drug-likeness (QED) is 0.622. The molecule has 0 unspecified atom stereocenters. The van der Waals surface area contributed by atoms with E-state index < -0.39 is 5.97 Å². The average Bonchev–Trinajstić information content (AvgIpc) is 2.94. The summed E-state index contributed by atoms with van der Waals surface area (Å²) in [6, 6.07) is 3.10. The Balaban J connectivity index is 2.14. The molecule has 21 heavy (non-hydrogen) atoms. The summed E-state index contributed by atoms with van der Waals surface area (Å²) in [4.78, 5) is 15.9. The van der Waals surface area contributed by atoms with Gasteiger partial charge in [0, 0.05) is 18.7 Å². The molecule has 0 atom stereocenters. The van der Waals surface area contributed by atoms with Gasteiger partial charge in [-0.15, -0.1) is 0 Å². The average molecular weight is 311 g/mol. The maximum Gasteiger partial charge on any atom is 0.340 e. The zero-order valence-corrected chi connectivity index (χ0v) is 12.2. The first kappa shape index (κ1) is 15.1. The molecule has 3 N–H and O–H groups in total. The molecule has 0 radical (unpaired) electrons. The third kappa shape index (κ3) is 3.85. The minimum Gasteiger partial charge on any atom is -0.462 e. The van der Waals surface area contributed by atoms with Crippen LogP contribution in [-0.4, -0.2) is 29.3 Å². The number of nitrogen functional groups attached to an aromatic ring is 1. The molecule has 112 valence electrons. The zero-order chi connectivity index (χ0) is 15.2. The molecule has 0 saturated heterocycles. The van der Waals surface area contributed by atoms with Gasteiger partial charge in [-0.05, 0) is 19.1 Å². The molecular formula is C13H15ClN4O3. The van der Waals surface area contributed by atoms with Gasteiger partial charge in [-0.25, -0.2) is 4.79 Å². The molecule has 0 bridgehead atoms. The monoisotopic (exact) mass is 310 g/mol. The Hall–Kier alpha value is -2.28. The Morgan fingerprint density at radius 2 is 2.33 bits per heavy atom. The lowest BCUT2D eigenvalue weighted by Crippen LogP contribution is -2.13. The van der Waals surface area contributed by atoms with Crippen molar-refractivity contribution in [3.8, 4) is 0 Å². The second-order valence-electron chi connectivity index (χ2n) is 4.16. The van der Waals surface area contributed by atoms with Crippen LogP contribution in [0.4, 0.5) is 11.4 Å². The molecule has 0 saturated carbocycles. The van der Waals surface area contributed by atoms with Crippen molar-refractivity contribution in [2.45, 2.75) is 13.3 Å². The molecule has 1 aromatic heterocycles. The van der Waals surface area contributed by atoms with E-state index in [0.29, 0.717) is 40.8 Å². The van der Waals surface area contributed by atoms with Gasteiger partial charge in [0.15, 0.2) is 6.33 Å². The Labute approximate surface area is 126 Å². The number of rotatable bonds is 6. The normalized spacial score (nSPS) is 10.4. The standard InChI is InChI=1S/C13H15ClN4O3/c1-2-20-13(19)9-5-8(15)6-10(14)12(9)16-4-3-11-17-7-18-21-11/h5-7,16H,2-4,15H2,1H3. The smallest absolute Gasteiger partial charge is 0.340 e. The van der Waals surface area contributed by atoms with Gasteiger partial charge < -0.3 is 20.3 Å². The second-order valence-corrected chi connectivity index (χ2v) is 4.56. The predicted molar refractivity (Wildman–Crippen MR) is 78.3 cm³/mol. The van der Waals surface area contributed by atoms with Gasteiger partial charge in [0.2, 0.25) is 5.89 Å². The third-order valence-electron chi connectivity index (χ3n) is 2.66. The lowest BCUT2D eigenvalue weighted by molar-refractivity contribution is 0.0527. The van der Waals surface area contributed by atoms with Gasteiger partial charge >= 0.3 is 5.97 Å². The highest BCUT2D eigenvalue weighted by Crippen LogP contribution is 2.29. The van der Waals surface area contributed by atoms with Crippen molar-refractivity contribution < 1.29 is 14.1 Å². The van der Waals surface area contributed by atoms with E-state index >= 15 is 0 Å². The topological polar surface area (TPSA) is 103 Å². The molecule has 2 rings (SSSR count). The summed E-state index contributed by atoms with van der Waals surface area (Å²) in [5.74, 6) is 0.0127. The van der Waals surface area contributed by atoms with Crippen LogP contribution in [0.5, 0.6) is 0 Å². The number of hydrogen-bond acceptors (Lipinski definition) is 7. The molecule has 1 aromatic carbocycles. The first-order valence-corrected chi connectivity index (χ1v) is 6.75. The van der Waals surface area contributed by atoms with Crippen LogP contribution in [-0.2, 0) is 11.2 Å². The van der Waals surface area contributed by atoms with Crippen molar-refractivity contribution in [2.75, 3.05) is 24.2 Å². The van der Waals surface area contributed by atoms with E-state index in [1.165, 1.54) is 12.4 Å². The van der Waals surface area contributed by atoms with Crippen LogP contribution in [0.25, 0.3) is 0 Å².